The summed E-state index contributed by atoms with van der Waals surface area (Å²) in [5, 5.41) is 0.907. The first kappa shape index (κ1) is 15.4. The van der Waals surface area contributed by atoms with Crippen molar-refractivity contribution in [3.05, 3.63) is 28.0 Å². The number of imidazole rings is 1. The number of benzene rings is 1. The van der Waals surface area contributed by atoms with Crippen molar-refractivity contribution < 1.29 is 9.53 Å². The van der Waals surface area contributed by atoms with Crippen LogP contribution in [0.4, 0.5) is 0 Å². The Morgan fingerprint density at radius 3 is 2.70 bits per heavy atom. The molecule has 2 rings (SSSR count). The van der Waals surface area contributed by atoms with Gasteiger partial charge in [0, 0.05) is 18.8 Å². The Balaban J connectivity index is 2.44. The van der Waals surface area contributed by atoms with Gasteiger partial charge in [0.25, 0.3) is 0 Å². The van der Waals surface area contributed by atoms with E-state index in [2.05, 4.69) is 9.72 Å². The highest BCUT2D eigenvalue weighted by molar-refractivity contribution is 6.42. The molecule has 108 valence electrons. The molecule has 0 aliphatic carbocycles. The highest BCUT2D eigenvalue weighted by atomic mass is 35.5. The molecule has 0 aliphatic heterocycles. The van der Waals surface area contributed by atoms with Crippen molar-refractivity contribution in [2.24, 2.45) is 0 Å². The molecule has 0 saturated carbocycles. The largest absolute Gasteiger partial charge is 0.469 e. The van der Waals surface area contributed by atoms with Gasteiger partial charge in [-0.05, 0) is 12.1 Å². The molecule has 0 amide bonds. The number of alkyl halides is 1. The summed E-state index contributed by atoms with van der Waals surface area (Å²) in [6, 6.07) is 3.47. The monoisotopic (exact) mass is 334 g/mol. The first-order chi connectivity index (χ1) is 9.56. The van der Waals surface area contributed by atoms with Crippen LogP contribution in [0.25, 0.3) is 11.0 Å². The number of fused-ring (bicyclic) bond motifs is 1. The van der Waals surface area contributed by atoms with Crippen LogP contribution in [0.1, 0.15) is 12.2 Å². The first-order valence-electron chi connectivity index (χ1n) is 6.03. The van der Waals surface area contributed by atoms with E-state index < -0.39 is 0 Å². The molecule has 7 heteroatoms. The van der Waals surface area contributed by atoms with Crippen molar-refractivity contribution in [3.63, 3.8) is 0 Å². The minimum Gasteiger partial charge on any atom is -0.469 e. The number of aromatic nitrogens is 2. The van der Waals surface area contributed by atoms with Gasteiger partial charge in [0.15, 0.2) is 0 Å². The Hall–Kier alpha value is -0.970. The number of aryl methyl sites for hydroxylation is 2. The van der Waals surface area contributed by atoms with E-state index in [0.717, 1.165) is 16.9 Å². The van der Waals surface area contributed by atoms with E-state index in [-0.39, 0.29) is 12.4 Å². The van der Waals surface area contributed by atoms with E-state index in [0.29, 0.717) is 28.9 Å². The van der Waals surface area contributed by atoms with Gasteiger partial charge >= 0.3 is 5.97 Å². The number of hydrogen-bond donors (Lipinski definition) is 0. The van der Waals surface area contributed by atoms with Gasteiger partial charge in [0.05, 0.1) is 34.6 Å². The quantitative estimate of drug-likeness (QED) is 0.618. The standard InChI is InChI=1S/C13H13Cl3N2O2/c1-20-13(19)3-5-18-11-7-9(16)8(15)6-10(11)17-12(18)2-4-14/h6-7H,2-5H2,1H3. The first-order valence-corrected chi connectivity index (χ1v) is 7.32. The van der Waals surface area contributed by atoms with Gasteiger partial charge in [0.1, 0.15) is 5.82 Å². The zero-order valence-corrected chi connectivity index (χ0v) is 13.1. The second-order valence-corrected chi connectivity index (χ2v) is 5.39. The topological polar surface area (TPSA) is 44.1 Å². The number of halogens is 3. The number of carbonyl (C=O) groups excluding carboxylic acids is 1. The van der Waals surface area contributed by atoms with E-state index in [4.69, 9.17) is 34.8 Å². The fraction of sp³-hybridized carbons (Fsp3) is 0.385. The minimum atomic E-state index is -0.274. The zero-order chi connectivity index (χ0) is 14.7. The summed E-state index contributed by atoms with van der Waals surface area (Å²) >= 11 is 17.8. The maximum atomic E-state index is 11.3. The van der Waals surface area contributed by atoms with Crippen LogP contribution in [0.5, 0.6) is 0 Å². The van der Waals surface area contributed by atoms with E-state index in [9.17, 15) is 4.79 Å². The van der Waals surface area contributed by atoms with Gasteiger partial charge in [-0.25, -0.2) is 4.98 Å². The van der Waals surface area contributed by atoms with Gasteiger partial charge in [-0.15, -0.1) is 11.6 Å². The summed E-state index contributed by atoms with van der Waals surface area (Å²) in [6.45, 7) is 0.466. The molecule has 4 nitrogen and oxygen atoms in total. The Bertz CT molecular complexity index is 640. The molecule has 1 heterocycles. The molecule has 1 aromatic carbocycles. The zero-order valence-electron chi connectivity index (χ0n) is 10.8. The SMILES string of the molecule is COC(=O)CCn1c(CCCl)nc2cc(Cl)c(Cl)cc21. The van der Waals surface area contributed by atoms with Crippen molar-refractivity contribution in [2.45, 2.75) is 19.4 Å². The molecule has 0 spiro atoms. The fourth-order valence-corrected chi connectivity index (χ4v) is 2.48. The van der Waals surface area contributed by atoms with Gasteiger partial charge in [-0.1, -0.05) is 23.2 Å². The second kappa shape index (κ2) is 6.66. The van der Waals surface area contributed by atoms with Crippen molar-refractivity contribution >= 4 is 51.8 Å². The highest BCUT2D eigenvalue weighted by Crippen LogP contribution is 2.28. The van der Waals surface area contributed by atoms with Crippen LogP contribution in [0.2, 0.25) is 10.0 Å². The maximum Gasteiger partial charge on any atom is 0.307 e. The van der Waals surface area contributed by atoms with Crippen molar-refractivity contribution in [3.8, 4) is 0 Å². The predicted molar refractivity (Wildman–Crippen MR) is 80.8 cm³/mol. The minimum absolute atomic E-state index is 0.261. The maximum absolute atomic E-state index is 11.3. The molecule has 0 atom stereocenters. The van der Waals surface area contributed by atoms with E-state index in [1.807, 2.05) is 4.57 Å². The molecular formula is C13H13Cl3N2O2. The predicted octanol–water partition coefficient (Wildman–Crippen LogP) is 3.69. The summed E-state index contributed by atoms with van der Waals surface area (Å²) in [6.07, 6.45) is 0.865. The average Bonchev–Trinajstić information content (AvgIpc) is 2.74. The van der Waals surface area contributed by atoms with Gasteiger partial charge in [-0.3, -0.25) is 4.79 Å². The number of nitrogens with zero attached hydrogens (tertiary/aromatic N) is 2. The average molecular weight is 336 g/mol. The summed E-state index contributed by atoms with van der Waals surface area (Å²) in [5.41, 5.74) is 1.58. The third-order valence-electron chi connectivity index (χ3n) is 2.95. The molecule has 0 bridgehead atoms. The molecule has 0 N–H and O–H groups in total. The van der Waals surface area contributed by atoms with Crippen molar-refractivity contribution in [1.82, 2.24) is 9.55 Å². The lowest BCUT2D eigenvalue weighted by Gasteiger charge is -2.08. The van der Waals surface area contributed by atoms with E-state index in [1.165, 1.54) is 7.11 Å². The molecule has 0 radical (unpaired) electrons. The summed E-state index contributed by atoms with van der Waals surface area (Å²) < 4.78 is 6.58. The Kier molecular flexibility index (Phi) is 5.13. The van der Waals surface area contributed by atoms with Crippen LogP contribution in [0, 0.1) is 0 Å². The number of esters is 1. The van der Waals surface area contributed by atoms with Crippen LogP contribution < -0.4 is 0 Å². The Labute approximate surface area is 131 Å². The summed E-state index contributed by atoms with van der Waals surface area (Å²) in [7, 11) is 1.37. The molecule has 0 unspecified atom stereocenters. The van der Waals surface area contributed by atoms with Gasteiger partial charge < -0.3 is 9.30 Å². The lowest BCUT2D eigenvalue weighted by Crippen LogP contribution is -2.10. The number of ether oxygens (including phenoxy) is 1. The summed E-state index contributed by atoms with van der Waals surface area (Å²) in [5.74, 6) is 0.976. The fourth-order valence-electron chi connectivity index (χ4n) is 2.00. The third kappa shape index (κ3) is 3.19. The number of methoxy groups -OCH3 is 1. The Morgan fingerprint density at radius 1 is 1.35 bits per heavy atom. The molecular weight excluding hydrogens is 323 g/mol. The number of carbonyl (C=O) groups is 1. The normalized spacial score (nSPS) is 11.0. The van der Waals surface area contributed by atoms with Crippen LogP contribution in [0.3, 0.4) is 0 Å². The molecule has 20 heavy (non-hydrogen) atoms. The second-order valence-electron chi connectivity index (χ2n) is 4.20. The highest BCUT2D eigenvalue weighted by Gasteiger charge is 2.14. The lowest BCUT2D eigenvalue weighted by atomic mass is 10.3. The van der Waals surface area contributed by atoms with E-state index in [1.54, 1.807) is 12.1 Å². The molecule has 0 fully saturated rings. The van der Waals surface area contributed by atoms with Gasteiger partial charge in [-0.2, -0.15) is 0 Å². The van der Waals surface area contributed by atoms with Crippen molar-refractivity contribution in [1.29, 1.82) is 0 Å². The molecule has 2 aromatic rings. The smallest absolute Gasteiger partial charge is 0.307 e. The van der Waals surface area contributed by atoms with Crippen LogP contribution in [0.15, 0.2) is 12.1 Å². The van der Waals surface area contributed by atoms with Gasteiger partial charge in [0.2, 0.25) is 0 Å². The Morgan fingerprint density at radius 2 is 2.05 bits per heavy atom. The van der Waals surface area contributed by atoms with Crippen LogP contribution in [-0.4, -0.2) is 28.5 Å². The summed E-state index contributed by atoms with van der Waals surface area (Å²) in [4.78, 5) is 15.8. The number of rotatable bonds is 5. The third-order valence-corrected chi connectivity index (χ3v) is 3.87. The molecule has 0 aliphatic rings. The molecule has 1 aromatic heterocycles. The number of hydrogen-bond acceptors (Lipinski definition) is 3. The van der Waals surface area contributed by atoms with Crippen LogP contribution in [-0.2, 0) is 22.5 Å². The van der Waals surface area contributed by atoms with Crippen LogP contribution >= 0.6 is 34.8 Å². The van der Waals surface area contributed by atoms with E-state index >= 15 is 0 Å². The molecule has 0 saturated heterocycles. The van der Waals surface area contributed by atoms with Crippen molar-refractivity contribution in [2.75, 3.05) is 13.0 Å². The lowest BCUT2D eigenvalue weighted by molar-refractivity contribution is -0.140.